The van der Waals surface area contributed by atoms with E-state index in [-0.39, 0.29) is 11.9 Å². The number of esters is 1. The number of benzene rings is 4. The Balaban J connectivity index is 1.19. The summed E-state index contributed by atoms with van der Waals surface area (Å²) in [4.78, 5) is 14.5. The summed E-state index contributed by atoms with van der Waals surface area (Å²) >= 11 is 12.6. The molecule has 0 spiro atoms. The van der Waals surface area contributed by atoms with Gasteiger partial charge in [-0.1, -0.05) is 65.7 Å². The Morgan fingerprint density at radius 3 is 2.09 bits per heavy atom. The molecule has 44 heavy (non-hydrogen) atoms. The fraction of sp³-hybridized carbons (Fsp3) is 0.297. The first-order valence-electron chi connectivity index (χ1n) is 15.4. The third-order valence-corrected chi connectivity index (χ3v) is 9.62. The van der Waals surface area contributed by atoms with Gasteiger partial charge in [0.25, 0.3) is 0 Å². The second kappa shape index (κ2) is 12.4. The quantitative estimate of drug-likeness (QED) is 0.128. The summed E-state index contributed by atoms with van der Waals surface area (Å²) in [5.74, 6) is 0.154. The zero-order chi connectivity index (χ0) is 30.2. The van der Waals surface area contributed by atoms with Crippen LogP contribution in [0, 0.1) is 0 Å². The number of piperidine rings is 1. The number of likely N-dealkylation sites (tertiary alicyclic amines) is 1. The Bertz CT molecular complexity index is 1740. The minimum Gasteiger partial charge on any atom is -0.465 e. The van der Waals surface area contributed by atoms with Gasteiger partial charge in [-0.3, -0.25) is 9.58 Å². The van der Waals surface area contributed by atoms with Crippen molar-refractivity contribution in [2.75, 3.05) is 20.2 Å². The number of carbonyl (C=O) groups excluding carboxylic acids is 1. The van der Waals surface area contributed by atoms with E-state index in [0.29, 0.717) is 17.5 Å². The van der Waals surface area contributed by atoms with Crippen molar-refractivity contribution < 1.29 is 9.53 Å². The Kier molecular flexibility index (Phi) is 8.19. The molecule has 1 aromatic heterocycles. The maximum atomic E-state index is 12.0. The molecule has 7 rings (SSSR count). The number of fused-ring (bicyclic) bond motifs is 1. The molecule has 4 aromatic carbocycles. The van der Waals surface area contributed by atoms with Crippen LogP contribution in [0.4, 0.5) is 0 Å². The summed E-state index contributed by atoms with van der Waals surface area (Å²) in [7, 11) is 1.42. The maximum absolute atomic E-state index is 12.0. The highest BCUT2D eigenvalue weighted by Gasteiger charge is 2.31. The highest BCUT2D eigenvalue weighted by Crippen LogP contribution is 2.42. The van der Waals surface area contributed by atoms with Crippen molar-refractivity contribution in [3.8, 4) is 0 Å². The van der Waals surface area contributed by atoms with Crippen LogP contribution in [0.15, 0.2) is 91.0 Å². The molecule has 0 atom stereocenters. The molecule has 5 nitrogen and oxygen atoms in total. The number of carbonyl (C=O) groups is 1. The summed E-state index contributed by atoms with van der Waals surface area (Å²) in [5, 5.41) is 8.04. The summed E-state index contributed by atoms with van der Waals surface area (Å²) < 4.78 is 7.20. The maximum Gasteiger partial charge on any atom is 0.337 e. The molecule has 1 saturated carbocycles. The molecule has 2 heterocycles. The van der Waals surface area contributed by atoms with Gasteiger partial charge in [0.1, 0.15) is 0 Å². The molecule has 1 saturated heterocycles. The van der Waals surface area contributed by atoms with Crippen LogP contribution < -0.4 is 0 Å². The van der Waals surface area contributed by atoms with E-state index in [1.165, 1.54) is 53.2 Å². The lowest BCUT2D eigenvalue weighted by Gasteiger charge is -2.31. The van der Waals surface area contributed by atoms with Crippen molar-refractivity contribution in [3.05, 3.63) is 135 Å². The second-order valence-corrected chi connectivity index (χ2v) is 13.0. The van der Waals surface area contributed by atoms with E-state index in [2.05, 4.69) is 58.1 Å². The smallest absolute Gasteiger partial charge is 0.337 e. The van der Waals surface area contributed by atoms with Gasteiger partial charge in [0, 0.05) is 33.8 Å². The van der Waals surface area contributed by atoms with E-state index in [9.17, 15) is 4.79 Å². The van der Waals surface area contributed by atoms with Gasteiger partial charge in [-0.05, 0) is 110 Å². The highest BCUT2D eigenvalue weighted by molar-refractivity contribution is 6.30. The van der Waals surface area contributed by atoms with E-state index < -0.39 is 0 Å². The average Bonchev–Trinajstić information content (AvgIpc) is 3.83. The molecule has 0 unspecified atom stereocenters. The second-order valence-electron chi connectivity index (χ2n) is 12.1. The van der Waals surface area contributed by atoms with Gasteiger partial charge >= 0.3 is 5.97 Å². The van der Waals surface area contributed by atoms with Crippen molar-refractivity contribution in [1.82, 2.24) is 14.7 Å². The third-order valence-electron chi connectivity index (χ3n) is 9.12. The number of hydrogen-bond donors (Lipinski definition) is 0. The van der Waals surface area contributed by atoms with Crippen molar-refractivity contribution >= 4 is 40.1 Å². The molecule has 0 amide bonds. The van der Waals surface area contributed by atoms with Crippen LogP contribution >= 0.6 is 23.2 Å². The zero-order valence-corrected chi connectivity index (χ0v) is 26.3. The Morgan fingerprint density at radius 1 is 0.841 bits per heavy atom. The Hall–Kier alpha value is -3.64. The predicted molar refractivity (Wildman–Crippen MR) is 177 cm³/mol. The van der Waals surface area contributed by atoms with E-state index >= 15 is 0 Å². The Morgan fingerprint density at radius 2 is 1.48 bits per heavy atom. The largest absolute Gasteiger partial charge is 0.465 e. The topological polar surface area (TPSA) is 47.4 Å². The molecule has 7 heteroatoms. The zero-order valence-electron chi connectivity index (χ0n) is 24.8. The molecule has 0 N–H and O–H groups in total. The number of rotatable bonds is 8. The molecule has 5 aromatic rings. The minimum atomic E-state index is -0.294. The molecule has 2 fully saturated rings. The molecule has 0 radical (unpaired) electrons. The molecular weight excluding hydrogens is 589 g/mol. The van der Waals surface area contributed by atoms with Crippen molar-refractivity contribution in [1.29, 1.82) is 0 Å². The summed E-state index contributed by atoms with van der Waals surface area (Å²) in [6, 6.07) is 31.6. The van der Waals surface area contributed by atoms with E-state index in [1.807, 2.05) is 42.5 Å². The number of methoxy groups -OCH3 is 1. The summed E-state index contributed by atoms with van der Waals surface area (Å²) in [6.07, 6.45) is 4.49. The monoisotopic (exact) mass is 623 g/mol. The van der Waals surface area contributed by atoms with E-state index in [0.717, 1.165) is 48.1 Å². The normalized spacial score (nSPS) is 16.1. The number of halogens is 2. The van der Waals surface area contributed by atoms with Gasteiger partial charge in [-0.15, -0.1) is 0 Å². The Labute approximate surface area is 268 Å². The van der Waals surface area contributed by atoms with Gasteiger partial charge in [0.15, 0.2) is 0 Å². The number of nitrogens with zero attached hydrogens (tertiary/aromatic N) is 3. The first kappa shape index (κ1) is 29.1. The number of hydrogen-bond acceptors (Lipinski definition) is 4. The molecular formula is C37H35Cl2N3O2. The van der Waals surface area contributed by atoms with Crippen LogP contribution in [-0.2, 0) is 11.3 Å². The van der Waals surface area contributed by atoms with E-state index in [1.54, 1.807) is 0 Å². The molecule has 224 valence electrons. The van der Waals surface area contributed by atoms with Crippen LogP contribution in [0.3, 0.4) is 0 Å². The van der Waals surface area contributed by atoms with Gasteiger partial charge < -0.3 is 4.74 Å². The number of aromatic nitrogens is 2. The standard InChI is InChI=1S/C37H35Cl2N3O2/c1-44-37(43)29-4-2-3-24(21-29)23-41-19-17-27(18-20-41)36-33-22-28(9-16-34(33)42(40-36)32-14-15-32)35(25-5-10-30(38)11-6-25)26-7-12-31(39)13-8-26/h2-13,16,21-22,27,32,35H,14-15,17-20,23H2,1H3. The molecule has 0 bridgehead atoms. The minimum absolute atomic E-state index is 0.0497. The fourth-order valence-electron chi connectivity index (χ4n) is 6.69. The summed E-state index contributed by atoms with van der Waals surface area (Å²) in [5.41, 5.74) is 7.82. The van der Waals surface area contributed by atoms with Crippen molar-refractivity contribution in [2.24, 2.45) is 0 Å². The molecule has 1 aliphatic carbocycles. The van der Waals surface area contributed by atoms with Gasteiger partial charge in [-0.25, -0.2) is 4.79 Å². The third kappa shape index (κ3) is 6.01. The molecule has 1 aliphatic heterocycles. The first-order valence-corrected chi connectivity index (χ1v) is 16.1. The van der Waals surface area contributed by atoms with Crippen LogP contribution in [-0.4, -0.2) is 40.8 Å². The average molecular weight is 625 g/mol. The number of ether oxygens (including phenoxy) is 1. The van der Waals surface area contributed by atoms with Crippen LogP contribution in [0.1, 0.15) is 81.9 Å². The lowest BCUT2D eigenvalue weighted by molar-refractivity contribution is 0.0600. The van der Waals surface area contributed by atoms with Gasteiger partial charge in [-0.2, -0.15) is 5.10 Å². The molecule has 2 aliphatic rings. The first-order chi connectivity index (χ1) is 21.5. The highest BCUT2D eigenvalue weighted by atomic mass is 35.5. The van der Waals surface area contributed by atoms with Crippen molar-refractivity contribution in [3.63, 3.8) is 0 Å². The fourth-order valence-corrected chi connectivity index (χ4v) is 6.94. The van der Waals surface area contributed by atoms with Crippen LogP contribution in [0.25, 0.3) is 10.9 Å². The van der Waals surface area contributed by atoms with Crippen LogP contribution in [0.2, 0.25) is 10.0 Å². The van der Waals surface area contributed by atoms with Crippen LogP contribution in [0.5, 0.6) is 0 Å². The van der Waals surface area contributed by atoms with Gasteiger partial charge in [0.2, 0.25) is 0 Å². The predicted octanol–water partition coefficient (Wildman–Crippen LogP) is 9.02. The summed E-state index contributed by atoms with van der Waals surface area (Å²) in [6.45, 7) is 2.80. The SMILES string of the molecule is COC(=O)c1cccc(CN2CCC(c3nn(C4CC4)c4ccc(C(c5ccc(Cl)cc5)c5ccc(Cl)cc5)cc34)CC2)c1. The lowest BCUT2D eigenvalue weighted by atomic mass is 9.84. The van der Waals surface area contributed by atoms with Gasteiger partial charge in [0.05, 0.1) is 29.9 Å². The lowest BCUT2D eigenvalue weighted by Crippen LogP contribution is -2.32. The van der Waals surface area contributed by atoms with E-state index in [4.69, 9.17) is 33.0 Å². The van der Waals surface area contributed by atoms with Crippen molar-refractivity contribution in [2.45, 2.75) is 50.1 Å².